The Kier molecular flexibility index (Phi) is 3.47. The van der Waals surface area contributed by atoms with Crippen LogP contribution in [0.2, 0.25) is 5.32 Å². The summed E-state index contributed by atoms with van der Waals surface area (Å²) in [7, 11) is 0. The molecule has 1 aromatic heterocycles. The van der Waals surface area contributed by atoms with Gasteiger partial charge in [0.05, 0.1) is 0 Å². The summed E-state index contributed by atoms with van der Waals surface area (Å²) in [6, 6.07) is 8.33. The van der Waals surface area contributed by atoms with Gasteiger partial charge in [0.15, 0.2) is 0 Å². The Labute approximate surface area is 95.9 Å². The fourth-order valence-corrected chi connectivity index (χ4v) is 3.74. The molecule has 0 amide bonds. The van der Waals surface area contributed by atoms with E-state index < -0.39 is 0 Å². The van der Waals surface area contributed by atoms with Crippen LogP contribution in [0, 0.1) is 0 Å². The van der Waals surface area contributed by atoms with E-state index in [1.165, 1.54) is 15.4 Å². The summed E-state index contributed by atoms with van der Waals surface area (Å²) in [6.45, 7) is 2.02. The second kappa shape index (κ2) is 4.84. The topological polar surface area (TPSA) is 36.0 Å². The van der Waals surface area contributed by atoms with Gasteiger partial charge in [-0.2, -0.15) is 0 Å². The summed E-state index contributed by atoms with van der Waals surface area (Å²) in [6.07, 6.45) is 2.79. The number of aliphatic hydroxyl groups is 1. The molecule has 1 unspecified atom stereocenters. The van der Waals surface area contributed by atoms with E-state index in [2.05, 4.69) is 29.4 Å². The molecule has 1 aromatic carbocycles. The molecule has 2 rings (SSSR count). The van der Waals surface area contributed by atoms with Gasteiger partial charge in [-0.15, -0.1) is 0 Å². The van der Waals surface area contributed by atoms with Crippen molar-refractivity contribution >= 4 is 30.3 Å². The number of H-pyrrole nitrogens is 1. The van der Waals surface area contributed by atoms with Gasteiger partial charge in [0, 0.05) is 0 Å². The van der Waals surface area contributed by atoms with Crippen molar-refractivity contribution in [3.8, 4) is 0 Å². The van der Waals surface area contributed by atoms with Gasteiger partial charge in [-0.3, -0.25) is 0 Å². The predicted octanol–water partition coefficient (Wildman–Crippen LogP) is 1.69. The average Bonchev–Trinajstić information content (AvgIpc) is 2.69. The number of rotatable bonds is 4. The molecule has 80 valence electrons. The van der Waals surface area contributed by atoms with Gasteiger partial charge >= 0.3 is 95.6 Å². The first-order chi connectivity index (χ1) is 7.31. The second-order valence-electron chi connectivity index (χ2n) is 3.57. The van der Waals surface area contributed by atoms with E-state index >= 15 is 0 Å². The van der Waals surface area contributed by atoms with E-state index in [1.54, 1.807) is 0 Å². The Morgan fingerprint density at radius 1 is 1.40 bits per heavy atom. The standard InChI is InChI=1S/C12H15NOSe/c1-2-9(14)8-15-12-7-13-11-6-4-3-5-10(11)12/h3-7,9,13-14H,2,8H2,1H3. The van der Waals surface area contributed by atoms with Crippen LogP contribution in [-0.2, 0) is 0 Å². The molecule has 15 heavy (non-hydrogen) atoms. The fraction of sp³-hybridized carbons (Fsp3) is 0.333. The molecule has 0 radical (unpaired) electrons. The maximum atomic E-state index is 9.53. The Hall–Kier alpha value is -0.761. The van der Waals surface area contributed by atoms with E-state index in [9.17, 15) is 5.11 Å². The zero-order chi connectivity index (χ0) is 10.7. The van der Waals surface area contributed by atoms with Crippen molar-refractivity contribution in [2.75, 3.05) is 0 Å². The van der Waals surface area contributed by atoms with Gasteiger partial charge in [0.25, 0.3) is 0 Å². The summed E-state index contributed by atoms with van der Waals surface area (Å²) >= 11 is 0.370. The molecule has 0 bridgehead atoms. The van der Waals surface area contributed by atoms with E-state index in [0.29, 0.717) is 15.0 Å². The normalized spacial score (nSPS) is 13.2. The van der Waals surface area contributed by atoms with Crippen LogP contribution in [0.4, 0.5) is 0 Å². The van der Waals surface area contributed by atoms with E-state index in [-0.39, 0.29) is 6.10 Å². The van der Waals surface area contributed by atoms with Crippen molar-refractivity contribution in [2.45, 2.75) is 24.8 Å². The minimum absolute atomic E-state index is 0.140. The third-order valence-electron chi connectivity index (χ3n) is 2.45. The third-order valence-corrected chi connectivity index (χ3v) is 4.97. The van der Waals surface area contributed by atoms with Crippen molar-refractivity contribution in [1.29, 1.82) is 0 Å². The third kappa shape index (κ3) is 2.43. The number of benzene rings is 1. The van der Waals surface area contributed by atoms with Gasteiger partial charge in [-0.05, 0) is 0 Å². The van der Waals surface area contributed by atoms with E-state index in [0.717, 1.165) is 11.7 Å². The number of aromatic amines is 1. The van der Waals surface area contributed by atoms with Crippen molar-refractivity contribution in [2.24, 2.45) is 0 Å². The first-order valence-corrected chi connectivity index (χ1v) is 7.25. The molecule has 0 aliphatic rings. The molecule has 0 saturated heterocycles. The van der Waals surface area contributed by atoms with Crippen LogP contribution in [0.5, 0.6) is 0 Å². The van der Waals surface area contributed by atoms with Crippen molar-refractivity contribution < 1.29 is 5.11 Å². The predicted molar refractivity (Wildman–Crippen MR) is 64.8 cm³/mol. The molecule has 0 fully saturated rings. The molecule has 1 atom stereocenters. The van der Waals surface area contributed by atoms with Gasteiger partial charge in [0.1, 0.15) is 0 Å². The molecule has 0 aliphatic carbocycles. The number of para-hydroxylation sites is 1. The number of aromatic nitrogens is 1. The molecule has 2 nitrogen and oxygen atoms in total. The average molecular weight is 268 g/mol. The Morgan fingerprint density at radius 3 is 3.00 bits per heavy atom. The SMILES string of the molecule is CCC(O)C[Se]c1c[nH]c2ccccc12. The van der Waals surface area contributed by atoms with Crippen LogP contribution in [-0.4, -0.2) is 31.2 Å². The Morgan fingerprint density at radius 2 is 2.20 bits per heavy atom. The zero-order valence-electron chi connectivity index (χ0n) is 8.73. The molecule has 0 spiro atoms. The second-order valence-corrected chi connectivity index (χ2v) is 5.80. The first kappa shape index (κ1) is 10.7. The number of hydrogen-bond acceptors (Lipinski definition) is 1. The Balaban J connectivity index is 2.14. The molecule has 3 heteroatoms. The molecular formula is C12H15NOSe. The van der Waals surface area contributed by atoms with Gasteiger partial charge in [0.2, 0.25) is 0 Å². The van der Waals surface area contributed by atoms with Crippen molar-refractivity contribution in [3.63, 3.8) is 0 Å². The molecular weight excluding hydrogens is 253 g/mol. The zero-order valence-corrected chi connectivity index (χ0v) is 10.4. The van der Waals surface area contributed by atoms with Crippen LogP contribution in [0.1, 0.15) is 13.3 Å². The summed E-state index contributed by atoms with van der Waals surface area (Å²) in [4.78, 5) is 3.26. The Bertz CT molecular complexity index is 438. The number of nitrogens with one attached hydrogen (secondary N) is 1. The number of hydrogen-bond donors (Lipinski definition) is 2. The van der Waals surface area contributed by atoms with Crippen LogP contribution >= 0.6 is 0 Å². The summed E-state index contributed by atoms with van der Waals surface area (Å²) in [5.41, 5.74) is 1.19. The molecule has 1 heterocycles. The summed E-state index contributed by atoms with van der Waals surface area (Å²) < 4.78 is 1.37. The quantitative estimate of drug-likeness (QED) is 0.813. The molecule has 0 aliphatic heterocycles. The van der Waals surface area contributed by atoms with E-state index in [4.69, 9.17) is 0 Å². The minimum atomic E-state index is -0.140. The monoisotopic (exact) mass is 269 g/mol. The summed E-state index contributed by atoms with van der Waals surface area (Å²) in [5, 5.41) is 11.7. The van der Waals surface area contributed by atoms with E-state index in [1.807, 2.05) is 13.0 Å². The number of fused-ring (bicyclic) bond motifs is 1. The van der Waals surface area contributed by atoms with Crippen LogP contribution in [0.3, 0.4) is 0 Å². The van der Waals surface area contributed by atoms with Gasteiger partial charge in [-0.1, -0.05) is 0 Å². The summed E-state index contributed by atoms with van der Waals surface area (Å²) in [5.74, 6) is 0. The molecule has 2 N–H and O–H groups in total. The van der Waals surface area contributed by atoms with Crippen LogP contribution < -0.4 is 4.46 Å². The fourth-order valence-electron chi connectivity index (χ4n) is 1.47. The molecule has 2 aromatic rings. The van der Waals surface area contributed by atoms with Gasteiger partial charge in [-0.25, -0.2) is 0 Å². The molecule has 0 saturated carbocycles. The van der Waals surface area contributed by atoms with Gasteiger partial charge < -0.3 is 0 Å². The first-order valence-electron chi connectivity index (χ1n) is 5.18. The van der Waals surface area contributed by atoms with Crippen LogP contribution in [0.15, 0.2) is 30.5 Å². The van der Waals surface area contributed by atoms with Crippen molar-refractivity contribution in [3.05, 3.63) is 30.5 Å². The number of aliphatic hydroxyl groups excluding tert-OH is 1. The van der Waals surface area contributed by atoms with Crippen molar-refractivity contribution in [1.82, 2.24) is 4.98 Å². The maximum absolute atomic E-state index is 9.53. The van der Waals surface area contributed by atoms with Crippen LogP contribution in [0.25, 0.3) is 10.9 Å².